The van der Waals surface area contributed by atoms with Gasteiger partial charge >= 0.3 is 0 Å². The SMILES string of the molecule is CN(C)[C@@H]1CCc2oc3nc(Nc4ccc5sc(N6CCOCC6)nc5c4)ccc3c2C1. The summed E-state index contributed by atoms with van der Waals surface area (Å²) in [4.78, 5) is 14.2. The summed E-state index contributed by atoms with van der Waals surface area (Å²) >= 11 is 1.74. The van der Waals surface area contributed by atoms with Gasteiger partial charge in [0, 0.05) is 42.2 Å². The van der Waals surface area contributed by atoms with Crippen LogP contribution in [0.25, 0.3) is 21.3 Å². The van der Waals surface area contributed by atoms with Gasteiger partial charge in [-0.1, -0.05) is 11.3 Å². The Balaban J connectivity index is 1.25. The van der Waals surface area contributed by atoms with Crippen molar-refractivity contribution in [3.63, 3.8) is 0 Å². The highest BCUT2D eigenvalue weighted by molar-refractivity contribution is 7.22. The summed E-state index contributed by atoms with van der Waals surface area (Å²) in [5.41, 5.74) is 4.03. The number of nitrogens with zero attached hydrogens (tertiary/aromatic N) is 4. The molecule has 1 aromatic carbocycles. The van der Waals surface area contributed by atoms with Crippen molar-refractivity contribution in [1.82, 2.24) is 14.9 Å². The molecule has 0 radical (unpaired) electrons. The molecule has 1 aliphatic heterocycles. The van der Waals surface area contributed by atoms with E-state index in [1.807, 2.05) is 6.07 Å². The van der Waals surface area contributed by atoms with Crippen molar-refractivity contribution < 1.29 is 9.15 Å². The molecule has 4 heterocycles. The third kappa shape index (κ3) is 3.62. The molecule has 3 aromatic heterocycles. The third-order valence-electron chi connectivity index (χ3n) is 6.55. The second-order valence-corrected chi connectivity index (χ2v) is 9.83. The minimum atomic E-state index is 0.563. The molecule has 2 aliphatic rings. The number of hydrogen-bond acceptors (Lipinski definition) is 8. The number of nitrogens with one attached hydrogen (secondary N) is 1. The molecule has 1 saturated heterocycles. The van der Waals surface area contributed by atoms with Crippen LogP contribution in [0.15, 0.2) is 34.7 Å². The van der Waals surface area contributed by atoms with Crippen molar-refractivity contribution in [3.05, 3.63) is 41.7 Å². The van der Waals surface area contributed by atoms with E-state index in [0.717, 1.165) is 84.6 Å². The molecule has 0 bridgehead atoms. The Morgan fingerprint density at radius 2 is 2.00 bits per heavy atom. The molecule has 6 rings (SSSR count). The van der Waals surface area contributed by atoms with Crippen LogP contribution in [0.4, 0.5) is 16.6 Å². The van der Waals surface area contributed by atoms with Gasteiger partial charge in [0.05, 0.1) is 23.4 Å². The summed E-state index contributed by atoms with van der Waals surface area (Å²) in [7, 11) is 4.31. The van der Waals surface area contributed by atoms with Crippen LogP contribution in [0.2, 0.25) is 0 Å². The van der Waals surface area contributed by atoms with Crippen LogP contribution in [0, 0.1) is 0 Å². The van der Waals surface area contributed by atoms with Gasteiger partial charge in [0.2, 0.25) is 5.71 Å². The fraction of sp³-hybridized carbons (Fsp3) is 0.417. The van der Waals surface area contributed by atoms with Crippen molar-refractivity contribution in [2.75, 3.05) is 50.6 Å². The van der Waals surface area contributed by atoms with Gasteiger partial charge < -0.3 is 24.3 Å². The zero-order valence-electron chi connectivity index (χ0n) is 18.4. The van der Waals surface area contributed by atoms with E-state index in [0.29, 0.717) is 6.04 Å². The van der Waals surface area contributed by atoms with E-state index in [2.05, 4.69) is 53.5 Å². The minimum Gasteiger partial charge on any atom is -0.442 e. The minimum absolute atomic E-state index is 0.563. The number of thiazole rings is 1. The number of hydrogen-bond donors (Lipinski definition) is 1. The number of aromatic nitrogens is 2. The Hall–Kier alpha value is -2.68. The molecule has 7 nitrogen and oxygen atoms in total. The number of ether oxygens (including phenoxy) is 1. The van der Waals surface area contributed by atoms with Crippen LogP contribution in [-0.2, 0) is 17.6 Å². The van der Waals surface area contributed by atoms with Crippen LogP contribution in [-0.4, -0.2) is 61.3 Å². The van der Waals surface area contributed by atoms with Crippen molar-refractivity contribution in [3.8, 4) is 0 Å². The molecular weight excluding hydrogens is 422 g/mol. The van der Waals surface area contributed by atoms with E-state index in [1.54, 1.807) is 11.3 Å². The molecule has 1 aliphatic carbocycles. The van der Waals surface area contributed by atoms with Crippen molar-refractivity contribution in [1.29, 1.82) is 0 Å². The Kier molecular flexibility index (Phi) is 5.01. The number of pyridine rings is 1. The first-order chi connectivity index (χ1) is 15.6. The molecule has 166 valence electrons. The van der Waals surface area contributed by atoms with Crippen LogP contribution in [0.5, 0.6) is 0 Å². The van der Waals surface area contributed by atoms with E-state index < -0.39 is 0 Å². The van der Waals surface area contributed by atoms with E-state index in [4.69, 9.17) is 19.1 Å². The molecule has 0 unspecified atom stereocenters. The maximum Gasteiger partial charge on any atom is 0.228 e. The molecule has 4 aromatic rings. The second-order valence-electron chi connectivity index (χ2n) is 8.82. The predicted molar refractivity (Wildman–Crippen MR) is 129 cm³/mol. The van der Waals surface area contributed by atoms with E-state index >= 15 is 0 Å². The summed E-state index contributed by atoms with van der Waals surface area (Å²) < 4.78 is 12.8. The first kappa shape index (κ1) is 20.0. The lowest BCUT2D eigenvalue weighted by molar-refractivity contribution is 0.122. The topological polar surface area (TPSA) is 66.7 Å². The van der Waals surface area contributed by atoms with Crippen LogP contribution in [0.1, 0.15) is 17.7 Å². The van der Waals surface area contributed by atoms with Gasteiger partial charge in [0.25, 0.3) is 0 Å². The highest BCUT2D eigenvalue weighted by atomic mass is 32.1. The Bertz CT molecular complexity index is 1270. The standard InChI is InChI=1S/C24H27N5O2S/c1-28(2)16-4-6-20-18(14-16)17-5-8-22(27-23(17)31-20)25-15-3-7-21-19(13-15)26-24(32-21)29-9-11-30-12-10-29/h3,5,7-8,13,16H,4,6,9-12,14H2,1-2H3,(H,25,27)/t16-/m1/s1. The van der Waals surface area contributed by atoms with Crippen molar-refractivity contribution in [2.24, 2.45) is 0 Å². The average Bonchev–Trinajstić information content (AvgIpc) is 3.39. The maximum absolute atomic E-state index is 6.14. The highest BCUT2D eigenvalue weighted by Gasteiger charge is 2.26. The molecule has 0 saturated carbocycles. The summed E-state index contributed by atoms with van der Waals surface area (Å²) in [6.07, 6.45) is 3.13. The molecule has 8 heteroatoms. The van der Waals surface area contributed by atoms with Gasteiger partial charge in [0.1, 0.15) is 11.6 Å². The molecule has 0 amide bonds. The maximum atomic E-state index is 6.14. The smallest absolute Gasteiger partial charge is 0.228 e. The number of anilines is 3. The number of furan rings is 1. The average molecular weight is 450 g/mol. The summed E-state index contributed by atoms with van der Waals surface area (Å²) in [5.74, 6) is 1.89. The number of morpholine rings is 1. The quantitative estimate of drug-likeness (QED) is 0.494. The monoisotopic (exact) mass is 449 g/mol. The normalized spacial score (nSPS) is 19.1. The van der Waals surface area contributed by atoms with Gasteiger partial charge in [-0.05, 0) is 57.3 Å². The van der Waals surface area contributed by atoms with Crippen LogP contribution < -0.4 is 10.2 Å². The van der Waals surface area contributed by atoms with E-state index in [-0.39, 0.29) is 0 Å². The van der Waals surface area contributed by atoms with Crippen molar-refractivity contribution in [2.45, 2.75) is 25.3 Å². The number of likely N-dealkylation sites (N-methyl/N-ethyl adjacent to an activating group) is 1. The van der Waals surface area contributed by atoms with Crippen LogP contribution >= 0.6 is 11.3 Å². The number of rotatable bonds is 4. The van der Waals surface area contributed by atoms with Crippen molar-refractivity contribution >= 4 is 49.3 Å². The molecule has 32 heavy (non-hydrogen) atoms. The first-order valence-corrected chi connectivity index (χ1v) is 12.0. The van der Waals surface area contributed by atoms with Gasteiger partial charge in [0.15, 0.2) is 5.13 Å². The summed E-state index contributed by atoms with van der Waals surface area (Å²) in [6.45, 7) is 3.33. The lowest BCUT2D eigenvalue weighted by Gasteiger charge is -2.27. The third-order valence-corrected chi connectivity index (χ3v) is 7.64. The zero-order valence-corrected chi connectivity index (χ0v) is 19.2. The fourth-order valence-electron chi connectivity index (χ4n) is 4.68. The van der Waals surface area contributed by atoms with E-state index in [9.17, 15) is 0 Å². The first-order valence-electron chi connectivity index (χ1n) is 11.2. The lowest BCUT2D eigenvalue weighted by atomic mass is 9.91. The van der Waals surface area contributed by atoms with E-state index in [1.165, 1.54) is 10.3 Å². The molecular formula is C24H27N5O2S. The molecule has 0 spiro atoms. The van der Waals surface area contributed by atoms with Gasteiger partial charge in [-0.25, -0.2) is 4.98 Å². The van der Waals surface area contributed by atoms with Crippen LogP contribution in [0.3, 0.4) is 0 Å². The number of benzene rings is 1. The summed E-state index contributed by atoms with van der Waals surface area (Å²) in [6, 6.07) is 11.1. The fourth-order valence-corrected chi connectivity index (χ4v) is 5.68. The van der Waals surface area contributed by atoms with Gasteiger partial charge in [-0.2, -0.15) is 4.98 Å². The largest absolute Gasteiger partial charge is 0.442 e. The Morgan fingerprint density at radius 1 is 1.12 bits per heavy atom. The lowest BCUT2D eigenvalue weighted by Crippen LogP contribution is -2.36. The number of fused-ring (bicyclic) bond motifs is 4. The predicted octanol–water partition coefficient (Wildman–Crippen LogP) is 4.44. The summed E-state index contributed by atoms with van der Waals surface area (Å²) in [5, 5.41) is 5.64. The highest BCUT2D eigenvalue weighted by Crippen LogP contribution is 2.34. The Labute approximate surface area is 191 Å². The second kappa shape index (κ2) is 8.03. The molecule has 1 N–H and O–H groups in total. The van der Waals surface area contributed by atoms with Gasteiger partial charge in [-0.3, -0.25) is 0 Å². The van der Waals surface area contributed by atoms with Gasteiger partial charge in [-0.15, -0.1) is 0 Å². The molecule has 1 atom stereocenters. The zero-order chi connectivity index (χ0) is 21.7. The molecule has 1 fully saturated rings. The number of aryl methyl sites for hydroxylation is 1. The Morgan fingerprint density at radius 3 is 2.84 bits per heavy atom.